The molecule has 0 amide bonds. The first kappa shape index (κ1) is 14.1. The number of aromatic amines is 1. The molecule has 0 saturated heterocycles. The highest BCUT2D eigenvalue weighted by atomic mass is 19.4. The number of halogens is 3. The van der Waals surface area contributed by atoms with Crippen molar-refractivity contribution in [1.29, 1.82) is 0 Å². The molecule has 0 fully saturated rings. The number of pyridine rings is 1. The molecule has 0 aliphatic rings. The van der Waals surface area contributed by atoms with Gasteiger partial charge in [0.05, 0.1) is 16.6 Å². The first-order valence-electron chi connectivity index (χ1n) is 7.23. The maximum absolute atomic E-state index is 12.9. The highest BCUT2D eigenvalue weighted by molar-refractivity contribution is 6.15. The summed E-state index contributed by atoms with van der Waals surface area (Å²) in [5.74, 6) is 0. The lowest BCUT2D eigenvalue weighted by Crippen LogP contribution is -2.03. The number of alkyl halides is 3. The van der Waals surface area contributed by atoms with E-state index in [0.717, 1.165) is 50.5 Å². The molecule has 2 nitrogen and oxygen atoms in total. The summed E-state index contributed by atoms with van der Waals surface area (Å²) in [6.45, 7) is 4.03. The molecule has 0 unspecified atom stereocenters. The SMILES string of the molecule is Cc1cc2ncc3c4ccc(C(F)(F)F)cc4[nH]c3c2cc1C. The standard InChI is InChI=1S/C18H13F3N2/c1-9-5-13-15(6-10(9)2)22-8-14-12-4-3-11(18(19,20)21)7-16(12)23-17(13)14/h3-8,23H,1-2H3. The molecule has 0 spiro atoms. The van der Waals surface area contributed by atoms with Crippen LogP contribution in [0.5, 0.6) is 0 Å². The van der Waals surface area contributed by atoms with Crippen molar-refractivity contribution in [3.8, 4) is 0 Å². The molecule has 2 heterocycles. The van der Waals surface area contributed by atoms with E-state index >= 15 is 0 Å². The molecule has 0 aliphatic heterocycles. The number of nitrogens with one attached hydrogen (secondary N) is 1. The Morgan fingerprint density at radius 1 is 0.913 bits per heavy atom. The van der Waals surface area contributed by atoms with Gasteiger partial charge in [-0.05, 0) is 49.2 Å². The third kappa shape index (κ3) is 2.07. The lowest BCUT2D eigenvalue weighted by atomic mass is 10.0. The highest BCUT2D eigenvalue weighted by Crippen LogP contribution is 2.35. The maximum Gasteiger partial charge on any atom is 0.416 e. The smallest absolute Gasteiger partial charge is 0.354 e. The summed E-state index contributed by atoms with van der Waals surface area (Å²) < 4.78 is 38.7. The molecule has 0 bridgehead atoms. The molecular formula is C18H13F3N2. The lowest BCUT2D eigenvalue weighted by Gasteiger charge is -2.05. The van der Waals surface area contributed by atoms with Crippen LogP contribution < -0.4 is 0 Å². The average Bonchev–Trinajstić information content (AvgIpc) is 2.86. The van der Waals surface area contributed by atoms with Gasteiger partial charge in [-0.3, -0.25) is 4.98 Å². The first-order valence-corrected chi connectivity index (χ1v) is 7.23. The monoisotopic (exact) mass is 314 g/mol. The number of benzene rings is 2. The second kappa shape index (κ2) is 4.47. The number of hydrogen-bond acceptors (Lipinski definition) is 1. The molecule has 0 radical (unpaired) electrons. The average molecular weight is 314 g/mol. The predicted molar refractivity (Wildman–Crippen MR) is 85.6 cm³/mol. The van der Waals surface area contributed by atoms with Crippen LogP contribution in [0.2, 0.25) is 0 Å². The molecule has 1 N–H and O–H groups in total. The van der Waals surface area contributed by atoms with Crippen molar-refractivity contribution < 1.29 is 13.2 Å². The number of nitrogens with zero attached hydrogens (tertiary/aromatic N) is 1. The fraction of sp³-hybridized carbons (Fsp3) is 0.167. The summed E-state index contributed by atoms with van der Waals surface area (Å²) in [5, 5.41) is 2.51. The van der Waals surface area contributed by atoms with Crippen molar-refractivity contribution in [2.24, 2.45) is 0 Å². The van der Waals surface area contributed by atoms with Crippen molar-refractivity contribution in [1.82, 2.24) is 9.97 Å². The minimum absolute atomic E-state index is 0.474. The molecule has 0 saturated carbocycles. The maximum atomic E-state index is 12.9. The van der Waals surface area contributed by atoms with Crippen molar-refractivity contribution in [3.63, 3.8) is 0 Å². The van der Waals surface area contributed by atoms with E-state index < -0.39 is 11.7 Å². The highest BCUT2D eigenvalue weighted by Gasteiger charge is 2.30. The van der Waals surface area contributed by atoms with Crippen LogP contribution in [0.15, 0.2) is 36.5 Å². The van der Waals surface area contributed by atoms with Crippen molar-refractivity contribution in [3.05, 3.63) is 53.2 Å². The van der Waals surface area contributed by atoms with Gasteiger partial charge in [0.2, 0.25) is 0 Å². The lowest BCUT2D eigenvalue weighted by molar-refractivity contribution is -0.137. The summed E-state index contributed by atoms with van der Waals surface area (Å²) in [6, 6.07) is 7.80. The van der Waals surface area contributed by atoms with Crippen LogP contribution >= 0.6 is 0 Å². The van der Waals surface area contributed by atoms with E-state index in [1.54, 1.807) is 6.20 Å². The summed E-state index contributed by atoms with van der Waals surface area (Å²) >= 11 is 0. The van der Waals surface area contributed by atoms with Gasteiger partial charge in [0.25, 0.3) is 0 Å². The number of rotatable bonds is 0. The van der Waals surface area contributed by atoms with Gasteiger partial charge in [-0.25, -0.2) is 0 Å². The fourth-order valence-corrected chi connectivity index (χ4v) is 2.98. The van der Waals surface area contributed by atoms with E-state index in [4.69, 9.17) is 0 Å². The van der Waals surface area contributed by atoms with Crippen molar-refractivity contribution in [2.75, 3.05) is 0 Å². The Morgan fingerprint density at radius 2 is 1.65 bits per heavy atom. The summed E-state index contributed by atoms with van der Waals surface area (Å²) in [6.07, 6.45) is -2.63. The predicted octanol–water partition coefficient (Wildman–Crippen LogP) is 5.50. The second-order valence-electron chi connectivity index (χ2n) is 5.88. The van der Waals surface area contributed by atoms with Gasteiger partial charge in [0, 0.05) is 27.9 Å². The largest absolute Gasteiger partial charge is 0.416 e. The minimum atomic E-state index is -4.35. The van der Waals surface area contributed by atoms with Gasteiger partial charge in [-0.2, -0.15) is 13.2 Å². The molecule has 5 heteroatoms. The van der Waals surface area contributed by atoms with E-state index in [9.17, 15) is 13.2 Å². The van der Waals surface area contributed by atoms with Gasteiger partial charge < -0.3 is 4.98 Å². The van der Waals surface area contributed by atoms with Gasteiger partial charge in [0.1, 0.15) is 0 Å². The van der Waals surface area contributed by atoms with E-state index in [2.05, 4.69) is 9.97 Å². The van der Waals surface area contributed by atoms with E-state index in [0.29, 0.717) is 5.52 Å². The summed E-state index contributed by atoms with van der Waals surface area (Å²) in [4.78, 5) is 7.60. The Hall–Kier alpha value is -2.56. The molecule has 4 rings (SSSR count). The molecule has 23 heavy (non-hydrogen) atoms. The Labute approximate surface area is 129 Å². The fourth-order valence-electron chi connectivity index (χ4n) is 2.98. The molecule has 4 aromatic rings. The topological polar surface area (TPSA) is 28.7 Å². The zero-order chi connectivity index (χ0) is 16.4. The molecular weight excluding hydrogens is 301 g/mol. The van der Waals surface area contributed by atoms with Crippen LogP contribution in [0.1, 0.15) is 16.7 Å². The molecule has 0 atom stereocenters. The van der Waals surface area contributed by atoms with E-state index in [1.165, 1.54) is 6.07 Å². The van der Waals surface area contributed by atoms with Crippen molar-refractivity contribution >= 4 is 32.7 Å². The van der Waals surface area contributed by atoms with Gasteiger partial charge in [0.15, 0.2) is 0 Å². The van der Waals surface area contributed by atoms with E-state index in [1.807, 2.05) is 26.0 Å². The van der Waals surface area contributed by atoms with Crippen LogP contribution in [-0.4, -0.2) is 9.97 Å². The van der Waals surface area contributed by atoms with Crippen LogP contribution in [0.3, 0.4) is 0 Å². The third-order valence-corrected chi connectivity index (χ3v) is 4.38. The summed E-state index contributed by atoms with van der Waals surface area (Å²) in [7, 11) is 0. The Balaban J connectivity index is 2.11. The van der Waals surface area contributed by atoms with Crippen LogP contribution in [0, 0.1) is 13.8 Å². The molecule has 2 aromatic heterocycles. The summed E-state index contributed by atoms with van der Waals surface area (Å²) in [5.41, 5.74) is 3.75. The zero-order valence-electron chi connectivity index (χ0n) is 12.5. The number of aryl methyl sites for hydroxylation is 2. The van der Waals surface area contributed by atoms with Gasteiger partial charge >= 0.3 is 6.18 Å². The molecule has 0 aliphatic carbocycles. The first-order chi connectivity index (χ1) is 10.8. The Kier molecular flexibility index (Phi) is 2.73. The second-order valence-corrected chi connectivity index (χ2v) is 5.88. The normalized spacial score (nSPS) is 12.6. The molecule has 2 aromatic carbocycles. The number of aromatic nitrogens is 2. The van der Waals surface area contributed by atoms with Gasteiger partial charge in [-0.15, -0.1) is 0 Å². The number of hydrogen-bond donors (Lipinski definition) is 1. The quantitative estimate of drug-likeness (QED) is 0.456. The molecule has 116 valence electrons. The number of H-pyrrole nitrogens is 1. The minimum Gasteiger partial charge on any atom is -0.354 e. The van der Waals surface area contributed by atoms with E-state index in [-0.39, 0.29) is 0 Å². The third-order valence-electron chi connectivity index (χ3n) is 4.38. The Bertz CT molecular complexity index is 1070. The van der Waals surface area contributed by atoms with Crippen LogP contribution in [0.25, 0.3) is 32.7 Å². The zero-order valence-corrected chi connectivity index (χ0v) is 12.5. The van der Waals surface area contributed by atoms with Crippen LogP contribution in [-0.2, 0) is 6.18 Å². The Morgan fingerprint density at radius 3 is 2.39 bits per heavy atom. The number of fused-ring (bicyclic) bond motifs is 5. The van der Waals surface area contributed by atoms with Gasteiger partial charge in [-0.1, -0.05) is 6.07 Å². The van der Waals surface area contributed by atoms with Crippen LogP contribution in [0.4, 0.5) is 13.2 Å². The van der Waals surface area contributed by atoms with Crippen molar-refractivity contribution in [2.45, 2.75) is 20.0 Å².